The van der Waals surface area contributed by atoms with Crippen molar-refractivity contribution in [2.75, 3.05) is 13.7 Å². The molecule has 1 aromatic heterocycles. The van der Waals surface area contributed by atoms with E-state index in [2.05, 4.69) is 20.5 Å². The Kier molecular flexibility index (Phi) is 5.16. The van der Waals surface area contributed by atoms with Crippen LogP contribution in [0.3, 0.4) is 0 Å². The summed E-state index contributed by atoms with van der Waals surface area (Å²) < 4.78 is 6.15. The third-order valence-corrected chi connectivity index (χ3v) is 2.32. The summed E-state index contributed by atoms with van der Waals surface area (Å²) in [6.07, 6.45) is 3.02. The molecule has 1 heterocycles. The molecule has 0 aliphatic carbocycles. The van der Waals surface area contributed by atoms with Crippen LogP contribution in [-0.2, 0) is 16.1 Å². The number of amides is 2. The van der Waals surface area contributed by atoms with E-state index >= 15 is 0 Å². The Labute approximate surface area is 105 Å². The number of carbonyl (C=O) groups is 2. The summed E-state index contributed by atoms with van der Waals surface area (Å²) in [6, 6.07) is -0.628. The van der Waals surface area contributed by atoms with Gasteiger partial charge >= 0.3 is 6.09 Å². The van der Waals surface area contributed by atoms with Crippen molar-refractivity contribution in [3.63, 3.8) is 0 Å². The van der Waals surface area contributed by atoms with Gasteiger partial charge in [0.15, 0.2) is 0 Å². The fourth-order valence-electron chi connectivity index (χ4n) is 1.34. The van der Waals surface area contributed by atoms with Gasteiger partial charge < -0.3 is 15.4 Å². The van der Waals surface area contributed by atoms with E-state index in [0.717, 1.165) is 5.56 Å². The second-order valence-corrected chi connectivity index (χ2v) is 3.93. The minimum atomic E-state index is -0.628. The summed E-state index contributed by atoms with van der Waals surface area (Å²) in [6.45, 7) is 4.58. The summed E-state index contributed by atoms with van der Waals surface area (Å²) in [5.74, 6) is -0.260. The number of aryl methyl sites for hydroxylation is 1. The van der Waals surface area contributed by atoms with E-state index in [-0.39, 0.29) is 5.91 Å². The van der Waals surface area contributed by atoms with E-state index < -0.39 is 12.1 Å². The molecule has 1 rings (SSSR count). The van der Waals surface area contributed by atoms with Crippen LogP contribution in [0.15, 0.2) is 12.4 Å². The Morgan fingerprint density at radius 3 is 2.83 bits per heavy atom. The van der Waals surface area contributed by atoms with Crippen molar-refractivity contribution in [2.24, 2.45) is 0 Å². The van der Waals surface area contributed by atoms with E-state index in [1.807, 2.05) is 13.1 Å². The number of ether oxygens (including phenoxy) is 1. The van der Waals surface area contributed by atoms with Crippen LogP contribution in [0.4, 0.5) is 4.79 Å². The Morgan fingerprint density at radius 2 is 2.28 bits per heavy atom. The zero-order chi connectivity index (χ0) is 13.5. The summed E-state index contributed by atoms with van der Waals surface area (Å²) in [7, 11) is 1.25. The quantitative estimate of drug-likeness (QED) is 0.777. The predicted molar refractivity (Wildman–Crippen MR) is 65.0 cm³/mol. The normalized spacial score (nSPS) is 11.7. The van der Waals surface area contributed by atoms with Crippen molar-refractivity contribution in [1.82, 2.24) is 20.4 Å². The van der Waals surface area contributed by atoms with E-state index in [0.29, 0.717) is 13.1 Å². The number of hydrogen-bond donors (Lipinski definition) is 2. The summed E-state index contributed by atoms with van der Waals surface area (Å²) in [5, 5.41) is 9.18. The van der Waals surface area contributed by atoms with Gasteiger partial charge in [-0.1, -0.05) is 0 Å². The minimum absolute atomic E-state index is 0.260. The molecule has 1 aromatic rings. The predicted octanol–water partition coefficient (Wildman–Crippen LogP) is 0.0522. The van der Waals surface area contributed by atoms with Crippen molar-refractivity contribution in [1.29, 1.82) is 0 Å². The van der Waals surface area contributed by atoms with Gasteiger partial charge in [0.2, 0.25) is 5.91 Å². The molecule has 7 nitrogen and oxygen atoms in total. The Hall–Kier alpha value is -2.05. The van der Waals surface area contributed by atoms with Crippen LogP contribution in [0.1, 0.15) is 12.5 Å². The van der Waals surface area contributed by atoms with Gasteiger partial charge in [0, 0.05) is 12.7 Å². The molecule has 0 aliphatic heterocycles. The van der Waals surface area contributed by atoms with Crippen molar-refractivity contribution < 1.29 is 14.3 Å². The molecule has 2 N–H and O–H groups in total. The van der Waals surface area contributed by atoms with E-state index in [9.17, 15) is 9.59 Å². The fraction of sp³-hybridized carbons (Fsp3) is 0.545. The number of carbonyl (C=O) groups excluding carboxylic acids is 2. The number of aromatic nitrogens is 2. The molecule has 0 fully saturated rings. The van der Waals surface area contributed by atoms with Crippen LogP contribution in [0.25, 0.3) is 0 Å². The standard InChI is InChI=1S/C11H18N4O3/c1-8-6-13-15(7-8)5-4-12-10(16)9(2)14-11(17)18-3/h6-7,9H,4-5H2,1-3H3,(H,12,16)(H,14,17)/t9-/m0/s1. The highest BCUT2D eigenvalue weighted by molar-refractivity contribution is 5.85. The summed E-state index contributed by atoms with van der Waals surface area (Å²) in [5.41, 5.74) is 1.07. The van der Waals surface area contributed by atoms with Crippen molar-refractivity contribution in [3.8, 4) is 0 Å². The molecular formula is C11H18N4O3. The highest BCUT2D eigenvalue weighted by Crippen LogP contribution is 1.93. The van der Waals surface area contributed by atoms with E-state index in [1.54, 1.807) is 17.8 Å². The Bertz CT molecular complexity index is 416. The van der Waals surface area contributed by atoms with Crippen LogP contribution in [0.5, 0.6) is 0 Å². The lowest BCUT2D eigenvalue weighted by Crippen LogP contribution is -2.45. The van der Waals surface area contributed by atoms with E-state index in [4.69, 9.17) is 0 Å². The maximum atomic E-state index is 11.6. The molecule has 0 saturated carbocycles. The largest absolute Gasteiger partial charge is 0.453 e. The zero-order valence-corrected chi connectivity index (χ0v) is 10.8. The van der Waals surface area contributed by atoms with Crippen molar-refractivity contribution in [2.45, 2.75) is 26.4 Å². The molecule has 18 heavy (non-hydrogen) atoms. The number of rotatable bonds is 5. The molecule has 0 saturated heterocycles. The zero-order valence-electron chi connectivity index (χ0n) is 10.8. The van der Waals surface area contributed by atoms with Gasteiger partial charge in [0.05, 0.1) is 19.9 Å². The third-order valence-electron chi connectivity index (χ3n) is 2.32. The Balaban J connectivity index is 2.26. The van der Waals surface area contributed by atoms with Crippen LogP contribution in [0, 0.1) is 6.92 Å². The third kappa shape index (κ3) is 4.44. The number of nitrogens with one attached hydrogen (secondary N) is 2. The second kappa shape index (κ2) is 6.63. The summed E-state index contributed by atoms with van der Waals surface area (Å²) in [4.78, 5) is 22.5. The highest BCUT2D eigenvalue weighted by atomic mass is 16.5. The van der Waals surface area contributed by atoms with Gasteiger partial charge in [-0.2, -0.15) is 5.10 Å². The van der Waals surface area contributed by atoms with Crippen LogP contribution in [0.2, 0.25) is 0 Å². The molecule has 2 amide bonds. The fourth-order valence-corrected chi connectivity index (χ4v) is 1.34. The first-order valence-corrected chi connectivity index (χ1v) is 5.64. The van der Waals surface area contributed by atoms with Gasteiger partial charge in [-0.25, -0.2) is 4.79 Å². The lowest BCUT2D eigenvalue weighted by atomic mass is 10.3. The highest BCUT2D eigenvalue weighted by Gasteiger charge is 2.14. The SMILES string of the molecule is COC(=O)N[C@@H](C)C(=O)NCCn1cc(C)cn1. The topological polar surface area (TPSA) is 85.2 Å². The molecule has 100 valence electrons. The maximum Gasteiger partial charge on any atom is 0.407 e. The lowest BCUT2D eigenvalue weighted by molar-refractivity contribution is -0.122. The minimum Gasteiger partial charge on any atom is -0.453 e. The number of methoxy groups -OCH3 is 1. The maximum absolute atomic E-state index is 11.6. The first-order valence-electron chi connectivity index (χ1n) is 5.64. The average Bonchev–Trinajstić information content (AvgIpc) is 2.74. The molecule has 0 bridgehead atoms. The monoisotopic (exact) mass is 254 g/mol. The van der Waals surface area contributed by atoms with Gasteiger partial charge in [0.1, 0.15) is 6.04 Å². The number of hydrogen-bond acceptors (Lipinski definition) is 4. The number of alkyl carbamates (subject to hydrolysis) is 1. The molecule has 0 aromatic carbocycles. The molecule has 0 spiro atoms. The average molecular weight is 254 g/mol. The van der Waals surface area contributed by atoms with Crippen molar-refractivity contribution in [3.05, 3.63) is 18.0 Å². The van der Waals surface area contributed by atoms with Gasteiger partial charge in [-0.05, 0) is 19.4 Å². The molecule has 0 aliphatic rings. The lowest BCUT2D eigenvalue weighted by Gasteiger charge is -2.13. The van der Waals surface area contributed by atoms with Crippen LogP contribution in [-0.4, -0.2) is 41.5 Å². The smallest absolute Gasteiger partial charge is 0.407 e. The Morgan fingerprint density at radius 1 is 1.56 bits per heavy atom. The molecular weight excluding hydrogens is 236 g/mol. The molecule has 0 unspecified atom stereocenters. The first kappa shape index (κ1) is 14.0. The van der Waals surface area contributed by atoms with Gasteiger partial charge in [0.25, 0.3) is 0 Å². The van der Waals surface area contributed by atoms with Gasteiger partial charge in [-0.3, -0.25) is 9.48 Å². The van der Waals surface area contributed by atoms with Gasteiger partial charge in [-0.15, -0.1) is 0 Å². The first-order chi connectivity index (χ1) is 8.52. The second-order valence-electron chi connectivity index (χ2n) is 3.93. The molecule has 1 atom stereocenters. The van der Waals surface area contributed by atoms with E-state index in [1.165, 1.54) is 7.11 Å². The van der Waals surface area contributed by atoms with Crippen LogP contribution < -0.4 is 10.6 Å². The summed E-state index contributed by atoms with van der Waals surface area (Å²) >= 11 is 0. The number of nitrogens with zero attached hydrogens (tertiary/aromatic N) is 2. The van der Waals surface area contributed by atoms with Crippen molar-refractivity contribution >= 4 is 12.0 Å². The molecule has 0 radical (unpaired) electrons. The van der Waals surface area contributed by atoms with Crippen LogP contribution >= 0.6 is 0 Å². The molecule has 7 heteroatoms.